The minimum atomic E-state index is -0.148. The van der Waals surface area contributed by atoms with E-state index < -0.39 is 0 Å². The van der Waals surface area contributed by atoms with Gasteiger partial charge in [-0.25, -0.2) is 9.97 Å². The minimum Gasteiger partial charge on any atom is -0.330 e. The van der Waals surface area contributed by atoms with Crippen LogP contribution >= 0.6 is 0 Å². The normalized spacial score (nSPS) is 12.1. The van der Waals surface area contributed by atoms with Crippen LogP contribution < -0.4 is 11.1 Å². The summed E-state index contributed by atoms with van der Waals surface area (Å²) in [5.41, 5.74) is 6.31. The first-order valence-electron chi connectivity index (χ1n) is 7.13. The van der Waals surface area contributed by atoms with E-state index in [4.69, 9.17) is 5.73 Å². The van der Waals surface area contributed by atoms with Crippen molar-refractivity contribution in [3.05, 3.63) is 36.5 Å². The van der Waals surface area contributed by atoms with Crippen molar-refractivity contribution in [2.24, 2.45) is 11.7 Å². The number of rotatable bonds is 6. The molecule has 1 unspecified atom stereocenters. The summed E-state index contributed by atoms with van der Waals surface area (Å²) >= 11 is 0. The zero-order chi connectivity index (χ0) is 15.2. The fourth-order valence-electron chi connectivity index (χ4n) is 2.17. The number of hydrogen-bond acceptors (Lipinski definition) is 4. The number of carbonyl (C=O) groups is 1. The first-order valence-corrected chi connectivity index (χ1v) is 7.13. The second-order valence-corrected chi connectivity index (χ2v) is 4.96. The smallest absolute Gasteiger partial charge is 0.228 e. The zero-order valence-electron chi connectivity index (χ0n) is 12.4. The van der Waals surface area contributed by atoms with E-state index in [1.165, 1.54) is 0 Å². The van der Waals surface area contributed by atoms with Crippen LogP contribution in [-0.2, 0) is 4.79 Å². The van der Waals surface area contributed by atoms with Gasteiger partial charge in [-0.3, -0.25) is 9.36 Å². The molecular weight excluding hydrogens is 266 g/mol. The molecule has 0 radical (unpaired) electrons. The van der Waals surface area contributed by atoms with Crippen LogP contribution in [0.5, 0.6) is 0 Å². The summed E-state index contributed by atoms with van der Waals surface area (Å²) in [6.07, 6.45) is 6.95. The quantitative estimate of drug-likeness (QED) is 0.849. The van der Waals surface area contributed by atoms with Gasteiger partial charge in [0.25, 0.3) is 0 Å². The summed E-state index contributed by atoms with van der Waals surface area (Å²) in [5, 5.41) is 2.86. The Bertz CT molecular complexity index is 590. The fraction of sp³-hybridized carbons (Fsp3) is 0.400. The Balaban J connectivity index is 2.06. The maximum atomic E-state index is 12.1. The molecule has 0 bridgehead atoms. The molecule has 1 atom stereocenters. The number of hydrogen-bond donors (Lipinski definition) is 2. The maximum Gasteiger partial charge on any atom is 0.228 e. The van der Waals surface area contributed by atoms with E-state index in [0.29, 0.717) is 12.2 Å². The highest BCUT2D eigenvalue weighted by Crippen LogP contribution is 2.13. The molecule has 21 heavy (non-hydrogen) atoms. The molecule has 2 rings (SSSR count). The molecule has 0 aromatic carbocycles. The SMILES string of the molecule is CCCC(CN)C(=O)Nc1ccc(-n2ccnc2C)nc1. The zero-order valence-corrected chi connectivity index (χ0v) is 12.4. The van der Waals surface area contributed by atoms with E-state index in [1.807, 2.05) is 36.7 Å². The Morgan fingerprint density at radius 3 is 2.76 bits per heavy atom. The van der Waals surface area contributed by atoms with E-state index in [9.17, 15) is 4.79 Å². The highest BCUT2D eigenvalue weighted by molar-refractivity contribution is 5.92. The number of carbonyl (C=O) groups excluding carboxylic acids is 1. The summed E-state index contributed by atoms with van der Waals surface area (Å²) in [6.45, 7) is 4.31. The van der Waals surface area contributed by atoms with Crippen molar-refractivity contribution >= 4 is 11.6 Å². The summed E-state index contributed by atoms with van der Waals surface area (Å²) in [4.78, 5) is 20.6. The van der Waals surface area contributed by atoms with Gasteiger partial charge in [0.15, 0.2) is 0 Å². The van der Waals surface area contributed by atoms with Crippen molar-refractivity contribution in [3.63, 3.8) is 0 Å². The lowest BCUT2D eigenvalue weighted by molar-refractivity contribution is -0.119. The molecule has 6 heteroatoms. The van der Waals surface area contributed by atoms with Crippen molar-refractivity contribution in [1.29, 1.82) is 0 Å². The lowest BCUT2D eigenvalue weighted by atomic mass is 10.0. The first-order chi connectivity index (χ1) is 10.2. The van der Waals surface area contributed by atoms with Gasteiger partial charge >= 0.3 is 0 Å². The maximum absolute atomic E-state index is 12.1. The Labute approximate surface area is 124 Å². The number of pyridine rings is 1. The van der Waals surface area contributed by atoms with Crippen LogP contribution in [0.25, 0.3) is 5.82 Å². The van der Waals surface area contributed by atoms with E-state index in [2.05, 4.69) is 15.3 Å². The topological polar surface area (TPSA) is 85.8 Å². The van der Waals surface area contributed by atoms with Crippen molar-refractivity contribution < 1.29 is 4.79 Å². The van der Waals surface area contributed by atoms with Gasteiger partial charge in [0.05, 0.1) is 17.8 Å². The molecule has 0 saturated heterocycles. The summed E-state index contributed by atoms with van der Waals surface area (Å²) in [5.74, 6) is 1.44. The second kappa shape index (κ2) is 6.99. The molecule has 2 heterocycles. The van der Waals surface area contributed by atoms with Crippen LogP contribution in [-0.4, -0.2) is 27.0 Å². The second-order valence-electron chi connectivity index (χ2n) is 4.96. The highest BCUT2D eigenvalue weighted by atomic mass is 16.1. The molecular formula is C15H21N5O. The van der Waals surface area contributed by atoms with Gasteiger partial charge in [0.1, 0.15) is 11.6 Å². The Kier molecular flexibility index (Phi) is 5.05. The van der Waals surface area contributed by atoms with Crippen LogP contribution in [0.15, 0.2) is 30.7 Å². The van der Waals surface area contributed by atoms with Gasteiger partial charge in [-0.05, 0) is 25.5 Å². The van der Waals surface area contributed by atoms with Gasteiger partial charge < -0.3 is 11.1 Å². The van der Waals surface area contributed by atoms with Gasteiger partial charge in [0.2, 0.25) is 5.91 Å². The molecule has 3 N–H and O–H groups in total. The molecule has 2 aromatic heterocycles. The number of imidazole rings is 1. The number of aryl methyl sites for hydroxylation is 1. The summed E-state index contributed by atoms with van der Waals surface area (Å²) in [6, 6.07) is 3.68. The van der Waals surface area contributed by atoms with Crippen molar-refractivity contribution in [2.45, 2.75) is 26.7 Å². The van der Waals surface area contributed by atoms with Crippen molar-refractivity contribution in [2.75, 3.05) is 11.9 Å². The standard InChI is InChI=1S/C15H21N5O/c1-3-4-12(9-16)15(21)19-13-5-6-14(18-10-13)20-8-7-17-11(20)2/h5-8,10,12H,3-4,9,16H2,1-2H3,(H,19,21). The Morgan fingerprint density at radius 1 is 1.43 bits per heavy atom. The van der Waals surface area contributed by atoms with Crippen LogP contribution in [0, 0.1) is 12.8 Å². The molecule has 0 saturated carbocycles. The van der Waals surface area contributed by atoms with Gasteiger partial charge in [0, 0.05) is 18.9 Å². The summed E-state index contributed by atoms with van der Waals surface area (Å²) < 4.78 is 1.88. The number of anilines is 1. The largest absolute Gasteiger partial charge is 0.330 e. The average molecular weight is 287 g/mol. The minimum absolute atomic E-state index is 0.0484. The van der Waals surface area contributed by atoms with Crippen molar-refractivity contribution in [1.82, 2.24) is 14.5 Å². The number of nitrogens with zero attached hydrogens (tertiary/aromatic N) is 3. The Morgan fingerprint density at radius 2 is 2.24 bits per heavy atom. The van der Waals surface area contributed by atoms with Crippen LogP contribution in [0.2, 0.25) is 0 Å². The van der Waals surface area contributed by atoms with Gasteiger partial charge in [-0.2, -0.15) is 0 Å². The van der Waals surface area contributed by atoms with Gasteiger partial charge in [-0.1, -0.05) is 13.3 Å². The Hall–Kier alpha value is -2.21. The van der Waals surface area contributed by atoms with Crippen LogP contribution in [0.3, 0.4) is 0 Å². The van der Waals surface area contributed by atoms with E-state index in [-0.39, 0.29) is 11.8 Å². The lowest BCUT2D eigenvalue weighted by Crippen LogP contribution is -2.29. The van der Waals surface area contributed by atoms with Gasteiger partial charge in [-0.15, -0.1) is 0 Å². The molecule has 0 fully saturated rings. The fourth-order valence-corrected chi connectivity index (χ4v) is 2.17. The monoisotopic (exact) mass is 287 g/mol. The van der Waals surface area contributed by atoms with Crippen molar-refractivity contribution in [3.8, 4) is 5.82 Å². The highest BCUT2D eigenvalue weighted by Gasteiger charge is 2.15. The number of aromatic nitrogens is 3. The van der Waals surface area contributed by atoms with E-state index in [0.717, 1.165) is 24.5 Å². The third-order valence-corrected chi connectivity index (χ3v) is 3.38. The number of nitrogens with two attached hydrogens (primary N) is 1. The van der Waals surface area contributed by atoms with Crippen LogP contribution in [0.4, 0.5) is 5.69 Å². The lowest BCUT2D eigenvalue weighted by Gasteiger charge is -2.14. The summed E-state index contributed by atoms with van der Waals surface area (Å²) in [7, 11) is 0. The molecule has 0 spiro atoms. The number of nitrogens with one attached hydrogen (secondary N) is 1. The molecule has 0 aliphatic rings. The molecule has 0 aliphatic heterocycles. The molecule has 1 amide bonds. The van der Waals surface area contributed by atoms with E-state index in [1.54, 1.807) is 12.4 Å². The average Bonchev–Trinajstić information content (AvgIpc) is 2.91. The molecule has 6 nitrogen and oxygen atoms in total. The number of amides is 1. The van der Waals surface area contributed by atoms with E-state index >= 15 is 0 Å². The first kappa shape index (κ1) is 15.2. The molecule has 0 aliphatic carbocycles. The van der Waals surface area contributed by atoms with Crippen LogP contribution in [0.1, 0.15) is 25.6 Å². The third kappa shape index (κ3) is 3.66. The third-order valence-electron chi connectivity index (χ3n) is 3.38. The predicted octanol–water partition coefficient (Wildman–Crippen LogP) is 1.89. The molecule has 112 valence electrons. The predicted molar refractivity (Wildman–Crippen MR) is 82.2 cm³/mol. The molecule has 2 aromatic rings.